The van der Waals surface area contributed by atoms with Crippen LogP contribution in [0, 0.1) is 5.92 Å². The van der Waals surface area contributed by atoms with Gasteiger partial charge in [-0.3, -0.25) is 4.79 Å². The van der Waals surface area contributed by atoms with E-state index in [1.165, 1.54) is 17.8 Å². The highest BCUT2D eigenvalue weighted by Crippen LogP contribution is 2.32. The molecule has 2 fully saturated rings. The lowest BCUT2D eigenvalue weighted by Gasteiger charge is -2.23. The number of nitrogens with two attached hydrogens (primary N) is 1. The van der Waals surface area contributed by atoms with Crippen molar-refractivity contribution in [2.24, 2.45) is 5.92 Å². The van der Waals surface area contributed by atoms with E-state index in [1.54, 1.807) is 6.20 Å². The van der Waals surface area contributed by atoms with Crippen LogP contribution in [0.4, 0.5) is 5.69 Å². The summed E-state index contributed by atoms with van der Waals surface area (Å²) < 4.78 is 0. The van der Waals surface area contributed by atoms with Crippen LogP contribution in [0.2, 0.25) is 0 Å². The lowest BCUT2D eigenvalue weighted by atomic mass is 10.1. The number of hydrogen-bond acceptors (Lipinski definition) is 5. The zero-order valence-corrected chi connectivity index (χ0v) is 12.9. The molecule has 0 radical (unpaired) electrons. The molecule has 22 heavy (non-hydrogen) atoms. The van der Waals surface area contributed by atoms with Crippen molar-refractivity contribution >= 4 is 22.9 Å². The lowest BCUT2D eigenvalue weighted by Crippen LogP contribution is -2.47. The third kappa shape index (κ3) is 2.48. The number of hydrogen-bond donors (Lipinski definition) is 3. The van der Waals surface area contributed by atoms with Gasteiger partial charge in [0.05, 0.1) is 4.88 Å². The van der Waals surface area contributed by atoms with Crippen LogP contribution in [0.5, 0.6) is 0 Å². The molecule has 6 heteroatoms. The molecule has 5 nitrogen and oxygen atoms in total. The summed E-state index contributed by atoms with van der Waals surface area (Å²) in [4.78, 5) is 17.6. The first kappa shape index (κ1) is 13.7. The van der Waals surface area contributed by atoms with Crippen LogP contribution in [0.1, 0.15) is 22.6 Å². The fraction of sp³-hybridized carbons (Fsp3) is 0.375. The van der Waals surface area contributed by atoms with Gasteiger partial charge in [-0.25, -0.2) is 4.98 Å². The predicted molar refractivity (Wildman–Crippen MR) is 87.7 cm³/mol. The topological polar surface area (TPSA) is 80.0 Å². The van der Waals surface area contributed by atoms with Gasteiger partial charge in [0.1, 0.15) is 0 Å². The molecule has 2 heterocycles. The molecule has 2 bridgehead atoms. The number of carbonyl (C=O) groups excluding carboxylic acids is 1. The number of fused-ring (bicyclic) bond motifs is 2. The average Bonchev–Trinajstić information content (AvgIpc) is 3.23. The Morgan fingerprint density at radius 2 is 2.32 bits per heavy atom. The Balaban J connectivity index is 1.48. The van der Waals surface area contributed by atoms with Crippen molar-refractivity contribution in [3.63, 3.8) is 0 Å². The molecule has 4 N–H and O–H groups in total. The summed E-state index contributed by atoms with van der Waals surface area (Å²) in [5.41, 5.74) is 7.52. The van der Waals surface area contributed by atoms with Gasteiger partial charge in [0.2, 0.25) is 0 Å². The molecule has 3 atom stereocenters. The highest BCUT2D eigenvalue weighted by molar-refractivity contribution is 7.17. The molecule has 1 saturated heterocycles. The highest BCUT2D eigenvalue weighted by atomic mass is 32.1. The number of anilines is 1. The molecule has 1 aromatic carbocycles. The molecule has 3 unspecified atom stereocenters. The number of nitrogens with zero attached hydrogens (tertiary/aromatic N) is 1. The Bertz CT molecular complexity index is 714. The first-order valence-corrected chi connectivity index (χ1v) is 8.36. The number of benzene rings is 1. The van der Waals surface area contributed by atoms with Gasteiger partial charge in [-0.15, -0.1) is 11.3 Å². The summed E-state index contributed by atoms with van der Waals surface area (Å²) in [6.07, 6.45) is 4.00. The molecular weight excluding hydrogens is 296 g/mol. The fourth-order valence-electron chi connectivity index (χ4n) is 3.45. The Kier molecular flexibility index (Phi) is 3.35. The molecule has 2 aromatic rings. The average molecular weight is 314 g/mol. The minimum Gasteiger partial charge on any atom is -0.399 e. The summed E-state index contributed by atoms with van der Waals surface area (Å²) in [5, 5.41) is 7.09. The Morgan fingerprint density at radius 1 is 1.41 bits per heavy atom. The first-order valence-electron chi connectivity index (χ1n) is 7.55. The van der Waals surface area contributed by atoms with Gasteiger partial charge in [0, 0.05) is 24.0 Å². The molecule has 4 rings (SSSR count). The Labute approximate surface area is 132 Å². The number of nitrogens with one attached hydrogen (secondary N) is 2. The number of aromatic nitrogens is 1. The van der Waals surface area contributed by atoms with E-state index in [-0.39, 0.29) is 11.9 Å². The Hall–Kier alpha value is -1.92. The van der Waals surface area contributed by atoms with Gasteiger partial charge in [-0.2, -0.15) is 0 Å². The second-order valence-corrected chi connectivity index (χ2v) is 7.12. The standard InChI is InChI=1S/C16H18N4OS/c17-11-3-1-2-10(6-11)14-8-19-16(22-14)15(21)20-13-5-9-4-12(13)18-7-9/h1-3,6,8-9,12-13,18H,4-5,7,17H2,(H,20,21). The quantitative estimate of drug-likeness (QED) is 0.756. The van der Waals surface area contributed by atoms with Crippen LogP contribution in [0.25, 0.3) is 10.4 Å². The van der Waals surface area contributed by atoms with Crippen LogP contribution >= 0.6 is 11.3 Å². The number of nitrogen functional groups attached to an aromatic ring is 1. The maximum absolute atomic E-state index is 12.4. The third-order valence-corrected chi connectivity index (χ3v) is 5.56. The highest BCUT2D eigenvalue weighted by Gasteiger charge is 2.40. The fourth-order valence-corrected chi connectivity index (χ4v) is 4.26. The van der Waals surface area contributed by atoms with E-state index < -0.39 is 0 Å². The zero-order chi connectivity index (χ0) is 15.1. The van der Waals surface area contributed by atoms with Crippen molar-refractivity contribution in [1.82, 2.24) is 15.6 Å². The summed E-state index contributed by atoms with van der Waals surface area (Å²) in [6.45, 7) is 1.09. The number of thiazole rings is 1. The minimum atomic E-state index is -0.0699. The van der Waals surface area contributed by atoms with Crippen LogP contribution < -0.4 is 16.4 Å². The van der Waals surface area contributed by atoms with Crippen molar-refractivity contribution in [3.8, 4) is 10.4 Å². The number of rotatable bonds is 3. The smallest absolute Gasteiger partial charge is 0.280 e. The predicted octanol–water partition coefficient (Wildman–Crippen LogP) is 1.87. The van der Waals surface area contributed by atoms with E-state index in [9.17, 15) is 4.79 Å². The SMILES string of the molecule is Nc1cccc(-c2cnc(C(=O)NC3CC4CNC3C4)s2)c1. The second-order valence-electron chi connectivity index (χ2n) is 6.09. The molecule has 1 aromatic heterocycles. The zero-order valence-electron chi connectivity index (χ0n) is 12.1. The maximum atomic E-state index is 12.4. The largest absolute Gasteiger partial charge is 0.399 e. The number of carbonyl (C=O) groups is 1. The summed E-state index contributed by atoms with van der Waals surface area (Å²) in [6, 6.07) is 8.31. The number of amides is 1. The second kappa shape index (κ2) is 5.37. The molecule has 1 amide bonds. The van der Waals surface area contributed by atoms with E-state index in [4.69, 9.17) is 5.73 Å². The molecule has 1 saturated carbocycles. The van der Waals surface area contributed by atoms with Crippen molar-refractivity contribution in [2.45, 2.75) is 24.9 Å². The van der Waals surface area contributed by atoms with E-state index in [0.29, 0.717) is 16.7 Å². The molecule has 2 aliphatic rings. The van der Waals surface area contributed by atoms with E-state index >= 15 is 0 Å². The first-order chi connectivity index (χ1) is 10.7. The minimum absolute atomic E-state index is 0.0699. The summed E-state index contributed by atoms with van der Waals surface area (Å²) in [5.74, 6) is 0.647. The molecule has 114 valence electrons. The van der Waals surface area contributed by atoms with E-state index in [1.807, 2.05) is 24.3 Å². The molecule has 1 aliphatic carbocycles. The summed E-state index contributed by atoms with van der Waals surface area (Å²) >= 11 is 1.41. The lowest BCUT2D eigenvalue weighted by molar-refractivity contribution is 0.0928. The number of piperidine rings is 1. The van der Waals surface area contributed by atoms with Gasteiger partial charge in [-0.05, 0) is 43.0 Å². The molecule has 0 spiro atoms. The Morgan fingerprint density at radius 3 is 3.05 bits per heavy atom. The van der Waals surface area contributed by atoms with Crippen LogP contribution in [0.15, 0.2) is 30.5 Å². The molecular formula is C16H18N4OS. The van der Waals surface area contributed by atoms with Gasteiger partial charge in [0.25, 0.3) is 5.91 Å². The van der Waals surface area contributed by atoms with Crippen molar-refractivity contribution in [1.29, 1.82) is 0 Å². The monoisotopic (exact) mass is 314 g/mol. The maximum Gasteiger partial charge on any atom is 0.280 e. The summed E-state index contributed by atoms with van der Waals surface area (Å²) in [7, 11) is 0. The van der Waals surface area contributed by atoms with Gasteiger partial charge in [-0.1, -0.05) is 12.1 Å². The van der Waals surface area contributed by atoms with E-state index in [0.717, 1.165) is 29.3 Å². The molecule has 1 aliphatic heterocycles. The van der Waals surface area contributed by atoms with Crippen molar-refractivity contribution < 1.29 is 4.79 Å². The van der Waals surface area contributed by atoms with Crippen molar-refractivity contribution in [3.05, 3.63) is 35.5 Å². The van der Waals surface area contributed by atoms with Gasteiger partial charge >= 0.3 is 0 Å². The van der Waals surface area contributed by atoms with Crippen molar-refractivity contribution in [2.75, 3.05) is 12.3 Å². The normalized spacial score (nSPS) is 26.3. The van der Waals surface area contributed by atoms with Gasteiger partial charge < -0.3 is 16.4 Å². The third-order valence-electron chi connectivity index (χ3n) is 4.52. The van der Waals surface area contributed by atoms with Crippen LogP contribution in [0.3, 0.4) is 0 Å². The van der Waals surface area contributed by atoms with Crippen LogP contribution in [-0.2, 0) is 0 Å². The van der Waals surface area contributed by atoms with E-state index in [2.05, 4.69) is 15.6 Å². The van der Waals surface area contributed by atoms with Gasteiger partial charge in [0.15, 0.2) is 5.01 Å². The van der Waals surface area contributed by atoms with Crippen LogP contribution in [-0.4, -0.2) is 29.5 Å².